The Balaban J connectivity index is 1.79. The van der Waals surface area contributed by atoms with Crippen LogP contribution in [-0.2, 0) is 0 Å². The lowest BCUT2D eigenvalue weighted by atomic mass is 10.1. The molecule has 0 heterocycles. The second-order valence-corrected chi connectivity index (χ2v) is 6.55. The standard InChI is InChI=1S/C15H14Br2O/c16-9-15(5-6-15)10-18-14-4-2-11-7-13(17)3-1-12(11)8-14/h1-4,7-8H,5-6,9-10H2. The Hall–Kier alpha value is -0.540. The van der Waals surface area contributed by atoms with Gasteiger partial charge in [-0.1, -0.05) is 44.0 Å². The van der Waals surface area contributed by atoms with Crippen LogP contribution in [0, 0.1) is 5.41 Å². The lowest BCUT2D eigenvalue weighted by molar-refractivity contribution is 0.251. The van der Waals surface area contributed by atoms with Gasteiger partial charge < -0.3 is 4.74 Å². The van der Waals surface area contributed by atoms with Gasteiger partial charge >= 0.3 is 0 Å². The molecule has 1 aliphatic rings. The van der Waals surface area contributed by atoms with Gasteiger partial charge in [-0.25, -0.2) is 0 Å². The van der Waals surface area contributed by atoms with Crippen molar-refractivity contribution in [3.63, 3.8) is 0 Å². The van der Waals surface area contributed by atoms with E-state index in [4.69, 9.17) is 4.74 Å². The molecule has 2 aromatic rings. The Morgan fingerprint density at radius 3 is 2.50 bits per heavy atom. The maximum Gasteiger partial charge on any atom is 0.119 e. The Morgan fingerprint density at radius 1 is 1.06 bits per heavy atom. The summed E-state index contributed by atoms with van der Waals surface area (Å²) in [6, 6.07) is 12.6. The zero-order chi connectivity index (χ0) is 12.6. The third-order valence-electron chi connectivity index (χ3n) is 3.56. The average molecular weight is 370 g/mol. The smallest absolute Gasteiger partial charge is 0.119 e. The van der Waals surface area contributed by atoms with Gasteiger partial charge in [0.2, 0.25) is 0 Å². The monoisotopic (exact) mass is 368 g/mol. The molecule has 1 fully saturated rings. The summed E-state index contributed by atoms with van der Waals surface area (Å²) in [5.41, 5.74) is 0.397. The van der Waals surface area contributed by atoms with Gasteiger partial charge in [0.15, 0.2) is 0 Å². The number of ether oxygens (including phenoxy) is 1. The fourth-order valence-electron chi connectivity index (χ4n) is 2.01. The summed E-state index contributed by atoms with van der Waals surface area (Å²) in [5, 5.41) is 3.50. The topological polar surface area (TPSA) is 9.23 Å². The highest BCUT2D eigenvalue weighted by molar-refractivity contribution is 9.10. The molecule has 0 atom stereocenters. The highest BCUT2D eigenvalue weighted by atomic mass is 79.9. The van der Waals surface area contributed by atoms with Crippen molar-refractivity contribution in [2.24, 2.45) is 5.41 Å². The summed E-state index contributed by atoms with van der Waals surface area (Å²) in [7, 11) is 0. The number of fused-ring (bicyclic) bond motifs is 1. The van der Waals surface area contributed by atoms with E-state index in [9.17, 15) is 0 Å². The molecule has 0 bridgehead atoms. The highest BCUT2D eigenvalue weighted by Gasteiger charge is 2.42. The van der Waals surface area contributed by atoms with Crippen molar-refractivity contribution < 1.29 is 4.74 Å². The SMILES string of the molecule is BrCC1(COc2ccc3cc(Br)ccc3c2)CC1. The zero-order valence-corrected chi connectivity index (χ0v) is 13.1. The molecule has 0 spiro atoms. The number of hydrogen-bond donors (Lipinski definition) is 0. The molecule has 0 radical (unpaired) electrons. The van der Waals surface area contributed by atoms with Crippen LogP contribution in [0.25, 0.3) is 10.8 Å². The fraction of sp³-hybridized carbons (Fsp3) is 0.333. The second-order valence-electron chi connectivity index (χ2n) is 5.08. The molecule has 1 nitrogen and oxygen atoms in total. The van der Waals surface area contributed by atoms with Gasteiger partial charge in [0.25, 0.3) is 0 Å². The van der Waals surface area contributed by atoms with Crippen LogP contribution in [0.2, 0.25) is 0 Å². The molecule has 0 unspecified atom stereocenters. The Kier molecular flexibility index (Phi) is 3.37. The number of hydrogen-bond acceptors (Lipinski definition) is 1. The summed E-state index contributed by atoms with van der Waals surface area (Å²) in [4.78, 5) is 0. The van der Waals surface area contributed by atoms with Gasteiger partial charge in [0.05, 0.1) is 6.61 Å². The predicted octanol–water partition coefficient (Wildman–Crippen LogP) is 5.16. The lowest BCUT2D eigenvalue weighted by Crippen LogP contribution is -2.14. The van der Waals surface area contributed by atoms with E-state index < -0.39 is 0 Å². The molecule has 0 amide bonds. The van der Waals surface area contributed by atoms with Crippen LogP contribution in [0.5, 0.6) is 5.75 Å². The van der Waals surface area contributed by atoms with Gasteiger partial charge in [-0.15, -0.1) is 0 Å². The molecule has 0 N–H and O–H groups in total. The molecule has 0 aliphatic heterocycles. The Labute approximate surface area is 124 Å². The Morgan fingerprint density at radius 2 is 1.78 bits per heavy atom. The van der Waals surface area contributed by atoms with E-state index in [-0.39, 0.29) is 0 Å². The number of rotatable bonds is 4. The fourth-order valence-corrected chi connectivity index (χ4v) is 3.12. The van der Waals surface area contributed by atoms with Crippen LogP contribution >= 0.6 is 31.9 Å². The third-order valence-corrected chi connectivity index (χ3v) is 5.24. The van der Waals surface area contributed by atoms with Gasteiger partial charge in [-0.05, 0) is 47.9 Å². The first kappa shape index (κ1) is 12.5. The van der Waals surface area contributed by atoms with Crippen molar-refractivity contribution in [3.05, 3.63) is 40.9 Å². The quantitative estimate of drug-likeness (QED) is 0.676. The van der Waals surface area contributed by atoms with Crippen molar-refractivity contribution in [1.29, 1.82) is 0 Å². The first-order valence-corrected chi connectivity index (χ1v) is 8.00. The van der Waals surface area contributed by atoms with Crippen molar-refractivity contribution >= 4 is 42.6 Å². The van der Waals surface area contributed by atoms with Crippen molar-refractivity contribution in [1.82, 2.24) is 0 Å². The first-order valence-electron chi connectivity index (χ1n) is 6.09. The van der Waals surface area contributed by atoms with E-state index in [1.165, 1.54) is 23.6 Å². The van der Waals surface area contributed by atoms with E-state index in [0.29, 0.717) is 5.41 Å². The zero-order valence-electron chi connectivity index (χ0n) is 9.96. The summed E-state index contributed by atoms with van der Waals surface area (Å²) in [6.45, 7) is 0.820. The first-order chi connectivity index (χ1) is 8.71. The van der Waals surface area contributed by atoms with E-state index in [2.05, 4.69) is 68.3 Å². The van der Waals surface area contributed by atoms with Crippen LogP contribution in [0.3, 0.4) is 0 Å². The molecule has 3 heteroatoms. The minimum atomic E-state index is 0.397. The van der Waals surface area contributed by atoms with Crippen LogP contribution in [0.4, 0.5) is 0 Å². The molecule has 18 heavy (non-hydrogen) atoms. The molecular formula is C15H14Br2O. The molecule has 1 aliphatic carbocycles. The maximum atomic E-state index is 5.92. The molecule has 1 saturated carbocycles. The van der Waals surface area contributed by atoms with Gasteiger partial charge in [0.1, 0.15) is 5.75 Å². The van der Waals surface area contributed by atoms with Crippen molar-refractivity contribution in [2.45, 2.75) is 12.8 Å². The second kappa shape index (κ2) is 4.86. The number of halogens is 2. The predicted molar refractivity (Wildman–Crippen MR) is 82.6 cm³/mol. The van der Waals surface area contributed by atoms with Gasteiger partial charge in [-0.2, -0.15) is 0 Å². The van der Waals surface area contributed by atoms with Crippen LogP contribution in [0.1, 0.15) is 12.8 Å². The van der Waals surface area contributed by atoms with E-state index in [1.807, 2.05) is 0 Å². The van der Waals surface area contributed by atoms with Crippen LogP contribution in [-0.4, -0.2) is 11.9 Å². The maximum absolute atomic E-state index is 5.92. The van der Waals surface area contributed by atoms with E-state index >= 15 is 0 Å². The molecule has 3 rings (SSSR count). The normalized spacial score (nSPS) is 16.8. The summed E-state index contributed by atoms with van der Waals surface area (Å²) < 4.78 is 7.03. The molecule has 0 aromatic heterocycles. The minimum absolute atomic E-state index is 0.397. The largest absolute Gasteiger partial charge is 0.493 e. The number of benzene rings is 2. The van der Waals surface area contributed by atoms with Crippen molar-refractivity contribution in [2.75, 3.05) is 11.9 Å². The van der Waals surface area contributed by atoms with Crippen LogP contribution in [0.15, 0.2) is 40.9 Å². The summed E-state index contributed by atoms with van der Waals surface area (Å²) in [6.07, 6.45) is 2.55. The minimum Gasteiger partial charge on any atom is -0.493 e. The van der Waals surface area contributed by atoms with E-state index in [1.54, 1.807) is 0 Å². The van der Waals surface area contributed by atoms with Gasteiger partial charge in [0, 0.05) is 15.2 Å². The molecule has 94 valence electrons. The van der Waals surface area contributed by atoms with E-state index in [0.717, 1.165) is 22.2 Å². The highest BCUT2D eigenvalue weighted by Crippen LogP contribution is 2.47. The van der Waals surface area contributed by atoms with Gasteiger partial charge in [-0.3, -0.25) is 0 Å². The lowest BCUT2D eigenvalue weighted by Gasteiger charge is -2.13. The molecular weight excluding hydrogens is 356 g/mol. The summed E-state index contributed by atoms with van der Waals surface area (Å²) in [5.74, 6) is 0.969. The van der Waals surface area contributed by atoms with Crippen molar-refractivity contribution in [3.8, 4) is 5.75 Å². The Bertz CT molecular complexity index is 576. The third kappa shape index (κ3) is 2.57. The molecule has 0 saturated heterocycles. The molecule has 2 aromatic carbocycles. The average Bonchev–Trinajstić information content (AvgIpc) is 3.17. The van der Waals surface area contributed by atoms with Crippen LogP contribution < -0.4 is 4.74 Å². The number of alkyl halides is 1. The summed E-state index contributed by atoms with van der Waals surface area (Å²) >= 11 is 7.06.